The maximum atomic E-state index is 13.0. The van der Waals surface area contributed by atoms with Crippen molar-refractivity contribution in [3.05, 3.63) is 89.2 Å². The Kier molecular flexibility index (Phi) is 5.26. The van der Waals surface area contributed by atoms with Gasteiger partial charge in [0.05, 0.1) is 5.69 Å². The number of carbonyl (C=O) groups excluding carboxylic acids is 1. The van der Waals surface area contributed by atoms with Crippen LogP contribution in [-0.4, -0.2) is 11.6 Å². The first-order chi connectivity index (χ1) is 13.6. The summed E-state index contributed by atoms with van der Waals surface area (Å²) in [5, 5.41) is 2.88. The largest absolute Gasteiger partial charge is 0.348 e. The fourth-order valence-electron chi connectivity index (χ4n) is 3.11. The zero-order valence-corrected chi connectivity index (χ0v) is 16.2. The summed E-state index contributed by atoms with van der Waals surface area (Å²) in [4.78, 5) is 19.6. The third kappa shape index (κ3) is 3.85. The van der Waals surface area contributed by atoms with Gasteiger partial charge in [0.1, 0.15) is 5.82 Å². The number of carbonyl (C=O) groups is 1. The van der Waals surface area contributed by atoms with Crippen LogP contribution < -0.4 is 5.32 Å². The molecular weight excluding hydrogens is 371 g/mol. The van der Waals surface area contributed by atoms with Crippen molar-refractivity contribution in [2.75, 3.05) is 0 Å². The van der Waals surface area contributed by atoms with E-state index in [9.17, 15) is 9.18 Å². The topological polar surface area (TPSA) is 41.5 Å². The Morgan fingerprint density at radius 3 is 2.61 bits per heavy atom. The summed E-state index contributed by atoms with van der Waals surface area (Å²) in [6, 6.07) is 20.0. The van der Waals surface area contributed by atoms with Crippen LogP contribution in [0.2, 0.25) is 0 Å². The highest BCUT2D eigenvalue weighted by molar-refractivity contribution is 7.99. The van der Waals surface area contributed by atoms with E-state index in [0.29, 0.717) is 12.1 Å². The van der Waals surface area contributed by atoms with Crippen molar-refractivity contribution >= 4 is 29.1 Å². The van der Waals surface area contributed by atoms with E-state index in [1.54, 1.807) is 23.9 Å². The summed E-state index contributed by atoms with van der Waals surface area (Å²) in [5.74, 6) is -0.462. The molecule has 0 radical (unpaired) electrons. The van der Waals surface area contributed by atoms with E-state index in [2.05, 4.69) is 24.4 Å². The van der Waals surface area contributed by atoms with Crippen LogP contribution in [0.4, 0.5) is 10.1 Å². The molecule has 0 saturated carbocycles. The molecule has 0 fully saturated rings. The van der Waals surface area contributed by atoms with Crippen LogP contribution in [0.3, 0.4) is 0 Å². The van der Waals surface area contributed by atoms with Gasteiger partial charge in [-0.05, 0) is 48.4 Å². The Morgan fingerprint density at radius 2 is 1.82 bits per heavy atom. The maximum absolute atomic E-state index is 13.0. The van der Waals surface area contributed by atoms with E-state index >= 15 is 0 Å². The molecule has 4 rings (SSSR count). The van der Waals surface area contributed by atoms with E-state index in [-0.39, 0.29) is 11.7 Å². The predicted octanol–water partition coefficient (Wildman–Crippen LogP) is 5.75. The Bertz CT molecular complexity index is 1060. The highest BCUT2D eigenvalue weighted by Gasteiger charge is 2.17. The highest BCUT2D eigenvalue weighted by atomic mass is 32.2. The van der Waals surface area contributed by atoms with Gasteiger partial charge in [-0.15, -0.1) is 0 Å². The summed E-state index contributed by atoms with van der Waals surface area (Å²) in [5.41, 5.74) is 4.39. The average Bonchev–Trinajstić information content (AvgIpc) is 2.88. The lowest BCUT2D eigenvalue weighted by molar-refractivity contribution is 0.0951. The summed E-state index contributed by atoms with van der Waals surface area (Å²) in [6.45, 7) is 2.43. The van der Waals surface area contributed by atoms with E-state index in [4.69, 9.17) is 4.99 Å². The molecule has 140 valence electrons. The maximum Gasteiger partial charge on any atom is 0.251 e. The number of aliphatic imine (C=N–C) groups is 1. The summed E-state index contributed by atoms with van der Waals surface area (Å²) in [7, 11) is 0. The number of nitrogens with zero attached hydrogens (tertiary/aromatic N) is 1. The van der Waals surface area contributed by atoms with Crippen molar-refractivity contribution in [3.8, 4) is 0 Å². The first-order valence-corrected chi connectivity index (χ1v) is 9.97. The van der Waals surface area contributed by atoms with Crippen molar-refractivity contribution < 1.29 is 9.18 Å². The molecule has 0 aliphatic carbocycles. The molecule has 5 heteroatoms. The lowest BCUT2D eigenvalue weighted by Gasteiger charge is -2.08. The first-order valence-electron chi connectivity index (χ1n) is 9.15. The smallest absolute Gasteiger partial charge is 0.251 e. The van der Waals surface area contributed by atoms with Gasteiger partial charge in [0.25, 0.3) is 5.91 Å². The molecule has 3 aromatic rings. The predicted molar refractivity (Wildman–Crippen MR) is 111 cm³/mol. The molecule has 3 aromatic carbocycles. The molecule has 1 aliphatic heterocycles. The summed E-state index contributed by atoms with van der Waals surface area (Å²) < 4.78 is 13.0. The quantitative estimate of drug-likeness (QED) is 0.616. The van der Waals surface area contributed by atoms with Gasteiger partial charge in [-0.3, -0.25) is 9.79 Å². The molecular formula is C23H19FN2OS. The molecule has 0 aromatic heterocycles. The van der Waals surface area contributed by atoms with Gasteiger partial charge < -0.3 is 5.32 Å². The molecule has 0 atom stereocenters. The second-order valence-corrected chi connectivity index (χ2v) is 7.59. The van der Waals surface area contributed by atoms with Gasteiger partial charge in [-0.1, -0.05) is 49.0 Å². The Morgan fingerprint density at radius 1 is 1.04 bits per heavy atom. The molecule has 0 saturated heterocycles. The van der Waals surface area contributed by atoms with Gasteiger partial charge in [-0.25, -0.2) is 4.39 Å². The normalized spacial score (nSPS) is 12.4. The van der Waals surface area contributed by atoms with Crippen LogP contribution in [0.25, 0.3) is 0 Å². The molecule has 1 heterocycles. The highest BCUT2D eigenvalue weighted by Crippen LogP contribution is 2.41. The summed E-state index contributed by atoms with van der Waals surface area (Å²) >= 11 is 1.67. The van der Waals surface area contributed by atoms with Crippen molar-refractivity contribution in [1.82, 2.24) is 5.32 Å². The van der Waals surface area contributed by atoms with Crippen LogP contribution in [0.1, 0.15) is 34.8 Å². The fourth-order valence-corrected chi connectivity index (χ4v) is 4.13. The number of benzene rings is 3. The van der Waals surface area contributed by atoms with Gasteiger partial charge in [0.15, 0.2) is 0 Å². The number of hydrogen-bond acceptors (Lipinski definition) is 3. The third-order valence-electron chi connectivity index (χ3n) is 4.60. The molecule has 3 nitrogen and oxygen atoms in total. The number of nitrogens with one attached hydrogen (secondary N) is 1. The molecule has 1 aliphatic rings. The molecule has 0 bridgehead atoms. The number of hydrogen-bond donors (Lipinski definition) is 1. The Labute approximate surface area is 167 Å². The fraction of sp³-hybridized carbons (Fsp3) is 0.130. The van der Waals surface area contributed by atoms with Gasteiger partial charge in [0.2, 0.25) is 0 Å². The lowest BCUT2D eigenvalue weighted by atomic mass is 10.1. The van der Waals surface area contributed by atoms with Crippen molar-refractivity contribution in [2.45, 2.75) is 29.7 Å². The second-order valence-electron chi connectivity index (χ2n) is 6.50. The molecule has 0 spiro atoms. The van der Waals surface area contributed by atoms with E-state index in [1.165, 1.54) is 17.0 Å². The van der Waals surface area contributed by atoms with Gasteiger partial charge >= 0.3 is 0 Å². The van der Waals surface area contributed by atoms with Crippen LogP contribution in [0.15, 0.2) is 81.5 Å². The molecule has 1 amide bonds. The minimum Gasteiger partial charge on any atom is -0.348 e. The minimum absolute atomic E-state index is 0.174. The molecule has 0 unspecified atom stereocenters. The standard InChI is InChI=1S/C23H19FN2OS/c1-2-19-18-5-3-4-6-21(18)28-22-12-9-16(13-20(22)26-19)23(27)25-14-15-7-10-17(24)11-8-15/h3-13H,2,14H2,1H3,(H,25,27). The average molecular weight is 390 g/mol. The SMILES string of the molecule is CCC1=Nc2cc(C(=O)NCc3ccc(F)cc3)ccc2Sc2ccccc21. The van der Waals surface area contributed by atoms with Crippen molar-refractivity contribution in [1.29, 1.82) is 0 Å². The van der Waals surface area contributed by atoms with E-state index < -0.39 is 0 Å². The number of rotatable bonds is 4. The second kappa shape index (κ2) is 7.98. The molecule has 1 N–H and O–H groups in total. The zero-order chi connectivity index (χ0) is 19.5. The summed E-state index contributed by atoms with van der Waals surface area (Å²) in [6.07, 6.45) is 0.817. The van der Waals surface area contributed by atoms with Gasteiger partial charge in [0, 0.05) is 33.2 Å². The number of halogens is 1. The zero-order valence-electron chi connectivity index (χ0n) is 15.4. The minimum atomic E-state index is -0.288. The molecule has 28 heavy (non-hydrogen) atoms. The van der Waals surface area contributed by atoms with E-state index in [0.717, 1.165) is 33.8 Å². The third-order valence-corrected chi connectivity index (χ3v) is 5.74. The first kappa shape index (κ1) is 18.4. The van der Waals surface area contributed by atoms with Crippen LogP contribution >= 0.6 is 11.8 Å². The van der Waals surface area contributed by atoms with Crippen molar-refractivity contribution in [2.24, 2.45) is 4.99 Å². The van der Waals surface area contributed by atoms with E-state index in [1.807, 2.05) is 30.3 Å². The van der Waals surface area contributed by atoms with Crippen LogP contribution in [-0.2, 0) is 6.54 Å². The van der Waals surface area contributed by atoms with Crippen molar-refractivity contribution in [3.63, 3.8) is 0 Å². The lowest BCUT2D eigenvalue weighted by Crippen LogP contribution is -2.22. The monoisotopic (exact) mass is 390 g/mol. The van der Waals surface area contributed by atoms with Crippen LogP contribution in [0.5, 0.6) is 0 Å². The number of amides is 1. The Hall–Kier alpha value is -2.92. The number of fused-ring (bicyclic) bond motifs is 2. The van der Waals surface area contributed by atoms with Gasteiger partial charge in [-0.2, -0.15) is 0 Å². The Balaban J connectivity index is 1.58. The van der Waals surface area contributed by atoms with Crippen LogP contribution in [0, 0.1) is 5.82 Å².